The van der Waals surface area contributed by atoms with Gasteiger partial charge in [-0.3, -0.25) is 4.79 Å². The molecular formula is C16H23N3O2. The number of carbonyl (C=O) groups excluding carboxylic acids is 2. The first-order valence-corrected chi connectivity index (χ1v) is 7.42. The molecule has 5 nitrogen and oxygen atoms in total. The highest BCUT2D eigenvalue weighted by molar-refractivity contribution is 5.94. The molecule has 114 valence electrons. The van der Waals surface area contributed by atoms with E-state index in [1.807, 2.05) is 43.9 Å². The van der Waals surface area contributed by atoms with Gasteiger partial charge in [-0.25, -0.2) is 4.79 Å². The fourth-order valence-corrected chi connectivity index (χ4v) is 2.43. The molecule has 0 spiro atoms. The Balaban J connectivity index is 1.97. The molecule has 0 atom stereocenters. The van der Waals surface area contributed by atoms with Crippen molar-refractivity contribution in [2.45, 2.75) is 20.8 Å². The maximum atomic E-state index is 12.5. The molecule has 0 aliphatic carbocycles. The normalized spacial score (nSPS) is 15.0. The summed E-state index contributed by atoms with van der Waals surface area (Å²) in [6.45, 7) is 8.92. The predicted octanol–water partition coefficient (Wildman–Crippen LogP) is 1.79. The Kier molecular flexibility index (Phi) is 4.83. The van der Waals surface area contributed by atoms with Crippen molar-refractivity contribution >= 4 is 11.9 Å². The Morgan fingerprint density at radius 1 is 1.05 bits per heavy atom. The maximum absolute atomic E-state index is 12.5. The van der Waals surface area contributed by atoms with E-state index in [0.717, 1.165) is 11.1 Å². The molecule has 1 aromatic rings. The molecule has 21 heavy (non-hydrogen) atoms. The molecule has 3 amide bonds. The molecule has 0 aromatic heterocycles. The van der Waals surface area contributed by atoms with Gasteiger partial charge < -0.3 is 15.1 Å². The van der Waals surface area contributed by atoms with Crippen LogP contribution in [-0.4, -0.2) is 54.5 Å². The van der Waals surface area contributed by atoms with E-state index in [1.165, 1.54) is 5.56 Å². The van der Waals surface area contributed by atoms with Gasteiger partial charge in [0, 0.05) is 38.3 Å². The standard InChI is InChI=1S/C16H23N3O2/c1-4-17-16(21)19-9-7-18(8-10-19)15(20)14-6-5-12(2)13(3)11-14/h5-6,11H,4,7-10H2,1-3H3,(H,17,21). The van der Waals surface area contributed by atoms with Gasteiger partial charge in [-0.15, -0.1) is 0 Å². The molecule has 1 fully saturated rings. The van der Waals surface area contributed by atoms with Gasteiger partial charge in [0.05, 0.1) is 0 Å². The lowest BCUT2D eigenvalue weighted by molar-refractivity contribution is 0.0665. The number of amides is 3. The fraction of sp³-hybridized carbons (Fsp3) is 0.500. The van der Waals surface area contributed by atoms with Gasteiger partial charge >= 0.3 is 6.03 Å². The number of nitrogens with one attached hydrogen (secondary N) is 1. The summed E-state index contributed by atoms with van der Waals surface area (Å²) in [5.74, 6) is 0.0497. The summed E-state index contributed by atoms with van der Waals surface area (Å²) in [7, 11) is 0. The van der Waals surface area contributed by atoms with Gasteiger partial charge in [0.15, 0.2) is 0 Å². The average Bonchev–Trinajstić information content (AvgIpc) is 2.50. The summed E-state index contributed by atoms with van der Waals surface area (Å²) in [5.41, 5.74) is 3.04. The van der Waals surface area contributed by atoms with E-state index in [9.17, 15) is 9.59 Å². The maximum Gasteiger partial charge on any atom is 0.317 e. The highest BCUT2D eigenvalue weighted by Crippen LogP contribution is 2.13. The van der Waals surface area contributed by atoms with Gasteiger partial charge in [0.1, 0.15) is 0 Å². The van der Waals surface area contributed by atoms with E-state index in [-0.39, 0.29) is 11.9 Å². The lowest BCUT2D eigenvalue weighted by atomic mass is 10.1. The van der Waals surface area contributed by atoms with Crippen LogP contribution in [0.25, 0.3) is 0 Å². The van der Waals surface area contributed by atoms with Crippen LogP contribution in [-0.2, 0) is 0 Å². The summed E-state index contributed by atoms with van der Waals surface area (Å²) >= 11 is 0. The molecule has 5 heteroatoms. The van der Waals surface area contributed by atoms with E-state index in [2.05, 4.69) is 5.32 Å². The summed E-state index contributed by atoms with van der Waals surface area (Å²) in [6, 6.07) is 5.75. The minimum Gasteiger partial charge on any atom is -0.338 e. The Hall–Kier alpha value is -2.04. The van der Waals surface area contributed by atoms with Crippen molar-refractivity contribution in [2.24, 2.45) is 0 Å². The second kappa shape index (κ2) is 6.61. The van der Waals surface area contributed by atoms with Crippen LogP contribution in [0, 0.1) is 13.8 Å². The van der Waals surface area contributed by atoms with E-state index in [0.29, 0.717) is 32.7 Å². The van der Waals surface area contributed by atoms with Crippen LogP contribution >= 0.6 is 0 Å². The highest BCUT2D eigenvalue weighted by atomic mass is 16.2. The summed E-state index contributed by atoms with van der Waals surface area (Å²) in [4.78, 5) is 27.8. The Morgan fingerprint density at radius 2 is 1.67 bits per heavy atom. The van der Waals surface area contributed by atoms with E-state index < -0.39 is 0 Å². The number of benzene rings is 1. The Bertz CT molecular complexity index is 534. The zero-order valence-corrected chi connectivity index (χ0v) is 13.0. The van der Waals surface area contributed by atoms with Crippen molar-refractivity contribution in [1.82, 2.24) is 15.1 Å². The minimum absolute atomic E-state index is 0.0456. The SMILES string of the molecule is CCNC(=O)N1CCN(C(=O)c2ccc(C)c(C)c2)CC1. The predicted molar refractivity (Wildman–Crippen MR) is 82.5 cm³/mol. The number of piperazine rings is 1. The number of rotatable bonds is 2. The van der Waals surface area contributed by atoms with E-state index >= 15 is 0 Å². The lowest BCUT2D eigenvalue weighted by Gasteiger charge is -2.34. The monoisotopic (exact) mass is 289 g/mol. The van der Waals surface area contributed by atoms with Crippen molar-refractivity contribution in [2.75, 3.05) is 32.7 Å². The van der Waals surface area contributed by atoms with Crippen LogP contribution in [0.3, 0.4) is 0 Å². The van der Waals surface area contributed by atoms with Gasteiger partial charge in [-0.05, 0) is 44.0 Å². The number of nitrogens with zero attached hydrogens (tertiary/aromatic N) is 2. The molecule has 1 aromatic carbocycles. The molecule has 1 aliphatic heterocycles. The number of urea groups is 1. The molecule has 1 aliphatic rings. The van der Waals surface area contributed by atoms with Crippen molar-refractivity contribution < 1.29 is 9.59 Å². The Morgan fingerprint density at radius 3 is 2.24 bits per heavy atom. The van der Waals surface area contributed by atoms with E-state index in [4.69, 9.17) is 0 Å². The first kappa shape index (κ1) is 15.4. The first-order chi connectivity index (χ1) is 10.0. The smallest absolute Gasteiger partial charge is 0.317 e. The summed E-state index contributed by atoms with van der Waals surface area (Å²) < 4.78 is 0. The largest absolute Gasteiger partial charge is 0.338 e. The van der Waals surface area contributed by atoms with Crippen LogP contribution in [0.15, 0.2) is 18.2 Å². The zero-order chi connectivity index (χ0) is 15.4. The molecular weight excluding hydrogens is 266 g/mol. The number of hydrogen-bond donors (Lipinski definition) is 1. The second-order valence-electron chi connectivity index (χ2n) is 5.41. The molecule has 1 saturated heterocycles. The molecule has 0 bridgehead atoms. The summed E-state index contributed by atoms with van der Waals surface area (Å²) in [5, 5.41) is 2.79. The fourth-order valence-electron chi connectivity index (χ4n) is 2.43. The van der Waals surface area contributed by atoms with Crippen LogP contribution in [0.1, 0.15) is 28.4 Å². The number of aryl methyl sites for hydroxylation is 2. The molecule has 1 N–H and O–H groups in total. The van der Waals surface area contributed by atoms with Gasteiger partial charge in [-0.2, -0.15) is 0 Å². The minimum atomic E-state index is -0.0456. The number of hydrogen-bond acceptors (Lipinski definition) is 2. The topological polar surface area (TPSA) is 52.7 Å². The average molecular weight is 289 g/mol. The van der Waals surface area contributed by atoms with Crippen molar-refractivity contribution in [3.05, 3.63) is 34.9 Å². The van der Waals surface area contributed by atoms with Gasteiger partial charge in [0.25, 0.3) is 5.91 Å². The van der Waals surface area contributed by atoms with Crippen LogP contribution in [0.2, 0.25) is 0 Å². The third-order valence-corrected chi connectivity index (χ3v) is 3.94. The molecule has 0 radical (unpaired) electrons. The van der Waals surface area contributed by atoms with Crippen LogP contribution < -0.4 is 5.32 Å². The van der Waals surface area contributed by atoms with Crippen molar-refractivity contribution in [3.8, 4) is 0 Å². The summed E-state index contributed by atoms with van der Waals surface area (Å²) in [6.07, 6.45) is 0. The van der Waals surface area contributed by atoms with Gasteiger partial charge in [-0.1, -0.05) is 6.07 Å². The van der Waals surface area contributed by atoms with Crippen molar-refractivity contribution in [3.63, 3.8) is 0 Å². The zero-order valence-electron chi connectivity index (χ0n) is 13.0. The molecule has 0 saturated carbocycles. The highest BCUT2D eigenvalue weighted by Gasteiger charge is 2.24. The third kappa shape index (κ3) is 3.54. The second-order valence-corrected chi connectivity index (χ2v) is 5.41. The molecule has 0 unspecified atom stereocenters. The van der Waals surface area contributed by atoms with Crippen LogP contribution in [0.5, 0.6) is 0 Å². The quantitative estimate of drug-likeness (QED) is 0.902. The first-order valence-electron chi connectivity index (χ1n) is 7.42. The third-order valence-electron chi connectivity index (χ3n) is 3.94. The lowest BCUT2D eigenvalue weighted by Crippen LogP contribution is -2.53. The van der Waals surface area contributed by atoms with E-state index in [1.54, 1.807) is 4.90 Å². The van der Waals surface area contributed by atoms with Gasteiger partial charge in [0.2, 0.25) is 0 Å². The molecule has 2 rings (SSSR count). The van der Waals surface area contributed by atoms with Crippen LogP contribution in [0.4, 0.5) is 4.79 Å². The molecule has 1 heterocycles. The van der Waals surface area contributed by atoms with Crippen molar-refractivity contribution in [1.29, 1.82) is 0 Å². The Labute approximate surface area is 125 Å². The number of carbonyl (C=O) groups is 2.